The van der Waals surface area contributed by atoms with E-state index in [1.165, 1.54) is 38.5 Å². The minimum absolute atomic E-state index is 0.636. The Morgan fingerprint density at radius 3 is 1.33 bits per heavy atom. The summed E-state index contributed by atoms with van der Waals surface area (Å²) < 4.78 is 0. The molecule has 2 unspecified atom stereocenters. The topological polar surface area (TPSA) is 0 Å². The second kappa shape index (κ2) is 7.64. The third kappa shape index (κ3) is 10.0. The number of hydrogen-bond acceptors (Lipinski definition) is 0. The lowest BCUT2D eigenvalue weighted by atomic mass is 10.0. The maximum absolute atomic E-state index is 3.97. The molecule has 0 aromatic rings. The van der Waals surface area contributed by atoms with Crippen molar-refractivity contribution in [2.45, 2.75) is 52.4 Å². The molecule has 0 nitrogen and oxygen atoms in total. The lowest BCUT2D eigenvalue weighted by molar-refractivity contribution is 0.518. The largest absolute Gasteiger partial charge is 0.0625 e. The summed E-state index contributed by atoms with van der Waals surface area (Å²) in [5, 5.41) is 0. The van der Waals surface area contributed by atoms with E-state index >= 15 is 0 Å². The summed E-state index contributed by atoms with van der Waals surface area (Å²) in [5.74, 6) is 1.27. The molecule has 0 aliphatic carbocycles. The fourth-order valence-electron chi connectivity index (χ4n) is 1.34. The Hall–Kier alpha value is 0. The lowest BCUT2D eigenvalue weighted by Gasteiger charge is -2.05. The van der Waals surface area contributed by atoms with Gasteiger partial charge in [-0.05, 0) is 11.8 Å². The van der Waals surface area contributed by atoms with Gasteiger partial charge >= 0.3 is 0 Å². The van der Waals surface area contributed by atoms with Crippen LogP contribution in [-0.4, -0.2) is 0 Å². The van der Waals surface area contributed by atoms with E-state index in [4.69, 9.17) is 0 Å². The van der Waals surface area contributed by atoms with E-state index in [9.17, 15) is 0 Å². The molecule has 0 saturated heterocycles. The first-order chi connectivity index (χ1) is 5.63. The Morgan fingerprint density at radius 1 is 0.750 bits per heavy atom. The predicted octanol–water partition coefficient (Wildman–Crippen LogP) is 4.27. The summed E-state index contributed by atoms with van der Waals surface area (Å²) in [6, 6.07) is 0. The van der Waals surface area contributed by atoms with Crippen molar-refractivity contribution in [3.8, 4) is 0 Å². The molecule has 72 valence electrons. The van der Waals surface area contributed by atoms with Gasteiger partial charge in [-0.2, -0.15) is 0 Å². The number of hydrogen-bond donors (Lipinski definition) is 0. The molecule has 0 spiro atoms. The van der Waals surface area contributed by atoms with Crippen LogP contribution in [0.5, 0.6) is 0 Å². The van der Waals surface area contributed by atoms with E-state index in [2.05, 4.69) is 27.7 Å². The van der Waals surface area contributed by atoms with Crippen LogP contribution in [0.25, 0.3) is 0 Å². The summed E-state index contributed by atoms with van der Waals surface area (Å²) in [6.45, 7) is 12.3. The van der Waals surface area contributed by atoms with Crippen LogP contribution in [0, 0.1) is 25.7 Å². The highest BCUT2D eigenvalue weighted by molar-refractivity contribution is 4.56. The van der Waals surface area contributed by atoms with Gasteiger partial charge in [0.25, 0.3) is 0 Å². The maximum Gasteiger partial charge on any atom is -0.0443 e. The first-order valence-corrected chi connectivity index (χ1v) is 5.29. The third-order valence-corrected chi connectivity index (χ3v) is 2.14. The molecule has 0 fully saturated rings. The Kier molecular flexibility index (Phi) is 7.64. The average Bonchev–Trinajstić information content (AvgIpc) is 1.95. The maximum atomic E-state index is 3.97. The van der Waals surface area contributed by atoms with E-state index in [1.807, 2.05) is 0 Å². The van der Waals surface area contributed by atoms with E-state index in [0.717, 1.165) is 0 Å². The smallest absolute Gasteiger partial charge is 0.0443 e. The molecular weight excluding hydrogens is 144 g/mol. The molecule has 0 N–H and O–H groups in total. The van der Waals surface area contributed by atoms with Crippen LogP contribution in [0.15, 0.2) is 0 Å². The Bertz CT molecular complexity index is 70.0. The van der Waals surface area contributed by atoms with Crippen LogP contribution in [0.4, 0.5) is 0 Å². The van der Waals surface area contributed by atoms with Crippen LogP contribution >= 0.6 is 0 Å². The molecule has 0 heterocycles. The Balaban J connectivity index is 2.91. The van der Waals surface area contributed by atoms with Gasteiger partial charge < -0.3 is 0 Å². The molecule has 0 aromatic carbocycles. The summed E-state index contributed by atoms with van der Waals surface area (Å²) in [7, 11) is 0. The van der Waals surface area contributed by atoms with Gasteiger partial charge in [-0.15, -0.1) is 0 Å². The van der Waals surface area contributed by atoms with Crippen molar-refractivity contribution in [1.29, 1.82) is 0 Å². The van der Waals surface area contributed by atoms with Crippen LogP contribution in [0.1, 0.15) is 52.4 Å². The van der Waals surface area contributed by atoms with Crippen molar-refractivity contribution < 1.29 is 0 Å². The molecular formula is C12H24. The van der Waals surface area contributed by atoms with Gasteiger partial charge in [-0.3, -0.25) is 0 Å². The highest BCUT2D eigenvalue weighted by Gasteiger charge is 1.96. The minimum atomic E-state index is 0.636. The van der Waals surface area contributed by atoms with E-state index in [1.54, 1.807) is 0 Å². The van der Waals surface area contributed by atoms with E-state index in [0.29, 0.717) is 11.8 Å². The van der Waals surface area contributed by atoms with Crippen molar-refractivity contribution in [3.63, 3.8) is 0 Å². The summed E-state index contributed by atoms with van der Waals surface area (Å²) in [4.78, 5) is 0. The first-order valence-electron chi connectivity index (χ1n) is 5.29. The second-order valence-electron chi connectivity index (χ2n) is 4.20. The van der Waals surface area contributed by atoms with Crippen LogP contribution in [0.3, 0.4) is 0 Å². The van der Waals surface area contributed by atoms with Crippen LogP contribution < -0.4 is 0 Å². The number of unbranched alkanes of at least 4 members (excludes halogenated alkanes) is 3. The quantitative estimate of drug-likeness (QED) is 0.498. The van der Waals surface area contributed by atoms with Gasteiger partial charge in [0.15, 0.2) is 0 Å². The highest BCUT2D eigenvalue weighted by atomic mass is 14.0. The van der Waals surface area contributed by atoms with Gasteiger partial charge in [-0.1, -0.05) is 66.2 Å². The Morgan fingerprint density at radius 2 is 1.08 bits per heavy atom. The molecule has 2 radical (unpaired) electrons. The van der Waals surface area contributed by atoms with Crippen LogP contribution in [0.2, 0.25) is 0 Å². The predicted molar refractivity (Wildman–Crippen MR) is 56.7 cm³/mol. The molecule has 0 aromatic heterocycles. The molecule has 2 atom stereocenters. The summed E-state index contributed by atoms with van der Waals surface area (Å²) in [6.07, 6.45) is 8.06. The molecule has 0 heteroatoms. The summed E-state index contributed by atoms with van der Waals surface area (Å²) >= 11 is 0. The van der Waals surface area contributed by atoms with E-state index in [-0.39, 0.29) is 0 Å². The zero-order valence-corrected chi connectivity index (χ0v) is 8.81. The molecule has 0 saturated carbocycles. The van der Waals surface area contributed by atoms with Crippen molar-refractivity contribution in [2.24, 2.45) is 11.8 Å². The van der Waals surface area contributed by atoms with Gasteiger partial charge in [0.2, 0.25) is 0 Å². The van der Waals surface area contributed by atoms with Gasteiger partial charge in [-0.25, -0.2) is 0 Å². The summed E-state index contributed by atoms with van der Waals surface area (Å²) in [5.41, 5.74) is 0. The van der Waals surface area contributed by atoms with Gasteiger partial charge in [0.05, 0.1) is 0 Å². The SMILES string of the molecule is [CH2]C(C)CCCCCCC([CH2])C. The standard InChI is InChI=1S/C12H24/c1-11(2)9-7-5-6-8-10-12(3)4/h11-12H,1,3,5-10H2,2,4H3. The normalized spacial score (nSPS) is 11.5. The average molecular weight is 168 g/mol. The highest BCUT2D eigenvalue weighted by Crippen LogP contribution is 2.12. The third-order valence-electron chi connectivity index (χ3n) is 2.14. The van der Waals surface area contributed by atoms with Gasteiger partial charge in [0.1, 0.15) is 0 Å². The fourth-order valence-corrected chi connectivity index (χ4v) is 1.34. The second-order valence-corrected chi connectivity index (χ2v) is 4.20. The molecule has 12 heavy (non-hydrogen) atoms. The zero-order chi connectivity index (χ0) is 9.40. The monoisotopic (exact) mass is 168 g/mol. The van der Waals surface area contributed by atoms with Crippen LogP contribution in [-0.2, 0) is 0 Å². The van der Waals surface area contributed by atoms with Gasteiger partial charge in [0, 0.05) is 0 Å². The van der Waals surface area contributed by atoms with Crippen molar-refractivity contribution in [3.05, 3.63) is 13.8 Å². The Labute approximate surface area is 78.8 Å². The molecule has 0 rings (SSSR count). The molecule has 0 aliphatic heterocycles. The van der Waals surface area contributed by atoms with Crippen molar-refractivity contribution >= 4 is 0 Å². The molecule has 0 amide bonds. The van der Waals surface area contributed by atoms with E-state index < -0.39 is 0 Å². The molecule has 0 bridgehead atoms. The van der Waals surface area contributed by atoms with Crippen molar-refractivity contribution in [1.82, 2.24) is 0 Å². The molecule has 0 aliphatic rings. The van der Waals surface area contributed by atoms with Crippen molar-refractivity contribution in [2.75, 3.05) is 0 Å². The first kappa shape index (κ1) is 12.0. The zero-order valence-electron chi connectivity index (χ0n) is 8.81. The minimum Gasteiger partial charge on any atom is -0.0625 e. The fraction of sp³-hybridized carbons (Fsp3) is 0.833. The lowest BCUT2D eigenvalue weighted by Crippen LogP contribution is -1.89. The number of rotatable bonds is 7.